The smallest absolute Gasteiger partial charge is 0.268 e. The van der Waals surface area contributed by atoms with Crippen molar-refractivity contribution in [2.24, 2.45) is 5.92 Å². The highest BCUT2D eigenvalue weighted by Gasteiger charge is 2.30. The molecule has 9 heteroatoms. The summed E-state index contributed by atoms with van der Waals surface area (Å²) >= 11 is 0. The predicted molar refractivity (Wildman–Crippen MR) is 140 cm³/mol. The maximum atomic E-state index is 13.3. The molecule has 0 aliphatic carbocycles. The van der Waals surface area contributed by atoms with Gasteiger partial charge >= 0.3 is 0 Å². The van der Waals surface area contributed by atoms with Gasteiger partial charge in [-0.1, -0.05) is 38.1 Å². The van der Waals surface area contributed by atoms with E-state index < -0.39 is 23.9 Å². The highest BCUT2D eigenvalue weighted by Crippen LogP contribution is 2.35. The summed E-state index contributed by atoms with van der Waals surface area (Å²) in [7, 11) is 1.56. The maximum absolute atomic E-state index is 13.3. The molecule has 2 heterocycles. The molecule has 37 heavy (non-hydrogen) atoms. The number of nitrogens with one attached hydrogen (secondary N) is 4. The van der Waals surface area contributed by atoms with Crippen molar-refractivity contribution in [2.75, 3.05) is 12.4 Å². The first-order valence-electron chi connectivity index (χ1n) is 12.3. The van der Waals surface area contributed by atoms with Gasteiger partial charge in [-0.2, -0.15) is 5.26 Å². The molecule has 0 spiro atoms. The average Bonchev–Trinajstić information content (AvgIpc) is 3.32. The Balaban J connectivity index is 1.47. The third kappa shape index (κ3) is 5.92. The number of nitriles is 1. The number of methoxy groups -OCH3 is 1. The number of carbonyl (C=O) groups is 3. The minimum absolute atomic E-state index is 0.119. The van der Waals surface area contributed by atoms with E-state index in [0.29, 0.717) is 17.9 Å². The van der Waals surface area contributed by atoms with Crippen molar-refractivity contribution in [1.29, 1.82) is 5.26 Å². The van der Waals surface area contributed by atoms with Gasteiger partial charge in [-0.05, 0) is 54.5 Å². The Hall–Kier alpha value is -4.32. The Morgan fingerprint density at radius 2 is 1.95 bits per heavy atom. The van der Waals surface area contributed by atoms with Crippen molar-refractivity contribution >= 4 is 34.3 Å². The van der Waals surface area contributed by atoms with Crippen molar-refractivity contribution in [3.05, 3.63) is 59.8 Å². The Bertz CT molecular complexity index is 1360. The van der Waals surface area contributed by atoms with E-state index >= 15 is 0 Å². The molecule has 3 amide bonds. The van der Waals surface area contributed by atoms with Crippen molar-refractivity contribution in [2.45, 2.75) is 51.1 Å². The van der Waals surface area contributed by atoms with E-state index in [1.807, 2.05) is 56.3 Å². The Morgan fingerprint density at radius 1 is 1.16 bits per heavy atom. The molecule has 0 saturated carbocycles. The summed E-state index contributed by atoms with van der Waals surface area (Å²) < 4.78 is 5.37. The summed E-state index contributed by atoms with van der Waals surface area (Å²) in [5.41, 5.74) is 2.72. The first-order chi connectivity index (χ1) is 17.8. The van der Waals surface area contributed by atoms with Crippen LogP contribution in [0.15, 0.2) is 48.5 Å². The largest absolute Gasteiger partial charge is 0.496 e. The van der Waals surface area contributed by atoms with E-state index in [2.05, 4.69) is 27.0 Å². The van der Waals surface area contributed by atoms with Gasteiger partial charge in [0.05, 0.1) is 13.2 Å². The minimum atomic E-state index is -0.835. The number of H-pyrrole nitrogens is 1. The molecule has 2 aromatic carbocycles. The molecule has 3 aromatic rings. The number of rotatable bonds is 9. The molecule has 0 fully saturated rings. The average molecular weight is 502 g/mol. The lowest BCUT2D eigenvalue weighted by Gasteiger charge is -2.28. The van der Waals surface area contributed by atoms with Gasteiger partial charge in [0.2, 0.25) is 11.8 Å². The quantitative estimate of drug-likeness (QED) is 0.353. The van der Waals surface area contributed by atoms with E-state index in [9.17, 15) is 19.6 Å². The fourth-order valence-electron chi connectivity index (χ4n) is 4.78. The number of ether oxygens (including phenoxy) is 1. The molecule has 0 radical (unpaired) electrons. The van der Waals surface area contributed by atoms with Crippen molar-refractivity contribution < 1.29 is 19.1 Å². The van der Waals surface area contributed by atoms with Gasteiger partial charge < -0.3 is 25.7 Å². The Kier molecular flexibility index (Phi) is 7.77. The number of carbonyl (C=O) groups excluding carboxylic acids is 3. The van der Waals surface area contributed by atoms with Gasteiger partial charge in [0, 0.05) is 23.0 Å². The second-order valence-electron chi connectivity index (χ2n) is 9.72. The first kappa shape index (κ1) is 25.8. The van der Waals surface area contributed by atoms with E-state index in [4.69, 9.17) is 4.74 Å². The summed E-state index contributed by atoms with van der Waals surface area (Å²) in [5.74, 6) is -0.422. The van der Waals surface area contributed by atoms with Crippen LogP contribution in [0.5, 0.6) is 5.75 Å². The van der Waals surface area contributed by atoms with Crippen molar-refractivity contribution in [3.63, 3.8) is 0 Å². The summed E-state index contributed by atoms with van der Waals surface area (Å²) in [6, 6.07) is 15.1. The Morgan fingerprint density at radius 3 is 2.68 bits per heavy atom. The van der Waals surface area contributed by atoms with Crippen LogP contribution in [0, 0.1) is 17.2 Å². The highest BCUT2D eigenvalue weighted by atomic mass is 16.5. The third-order valence-corrected chi connectivity index (χ3v) is 6.52. The molecule has 1 unspecified atom stereocenters. The van der Waals surface area contributed by atoms with Crippen LogP contribution in [0.3, 0.4) is 0 Å². The number of nitrogens with zero attached hydrogens (tertiary/aromatic N) is 1. The molecule has 4 rings (SSSR count). The molecular formula is C28H31N5O4. The maximum Gasteiger partial charge on any atom is 0.268 e. The number of hydrogen-bond donors (Lipinski definition) is 4. The van der Waals surface area contributed by atoms with Gasteiger partial charge in [0.25, 0.3) is 5.91 Å². The lowest BCUT2D eigenvalue weighted by molar-refractivity contribution is -0.123. The zero-order valence-electron chi connectivity index (χ0n) is 21.1. The van der Waals surface area contributed by atoms with Crippen LogP contribution < -0.4 is 20.7 Å². The lowest BCUT2D eigenvalue weighted by Crippen LogP contribution is -2.50. The van der Waals surface area contributed by atoms with Crippen molar-refractivity contribution in [3.8, 4) is 11.8 Å². The van der Waals surface area contributed by atoms with Crippen LogP contribution in [0.4, 0.5) is 5.69 Å². The number of para-hydroxylation sites is 1. The summed E-state index contributed by atoms with van der Waals surface area (Å²) in [5, 5.41) is 19.0. The highest BCUT2D eigenvalue weighted by molar-refractivity contribution is 6.01. The number of amides is 3. The lowest BCUT2D eigenvalue weighted by atomic mass is 9.85. The van der Waals surface area contributed by atoms with Crippen LogP contribution in [0.1, 0.15) is 55.1 Å². The minimum Gasteiger partial charge on any atom is -0.496 e. The van der Waals surface area contributed by atoms with Crippen LogP contribution in [-0.4, -0.2) is 41.9 Å². The molecule has 192 valence electrons. The number of benzene rings is 2. The van der Waals surface area contributed by atoms with Gasteiger partial charge in [-0.3, -0.25) is 14.4 Å². The van der Waals surface area contributed by atoms with Gasteiger partial charge in [0.1, 0.15) is 23.5 Å². The van der Waals surface area contributed by atoms with E-state index in [0.717, 1.165) is 22.2 Å². The van der Waals surface area contributed by atoms with Crippen LogP contribution >= 0.6 is 0 Å². The molecule has 0 saturated heterocycles. The van der Waals surface area contributed by atoms with E-state index in [1.165, 1.54) is 0 Å². The zero-order valence-corrected chi connectivity index (χ0v) is 21.1. The topological polar surface area (TPSA) is 136 Å². The number of anilines is 1. The van der Waals surface area contributed by atoms with Crippen LogP contribution in [0.25, 0.3) is 10.9 Å². The number of aromatic nitrogens is 1. The molecule has 0 bridgehead atoms. The van der Waals surface area contributed by atoms with Gasteiger partial charge in [-0.25, -0.2) is 0 Å². The van der Waals surface area contributed by atoms with E-state index in [-0.39, 0.29) is 30.6 Å². The normalized spacial score (nSPS) is 16.3. The monoisotopic (exact) mass is 501 g/mol. The molecule has 4 N–H and O–H groups in total. The predicted octanol–water partition coefficient (Wildman–Crippen LogP) is 3.85. The second-order valence-corrected chi connectivity index (χ2v) is 9.72. The number of fused-ring (bicyclic) bond motifs is 2. The van der Waals surface area contributed by atoms with Gasteiger partial charge in [0.15, 0.2) is 0 Å². The van der Waals surface area contributed by atoms with Gasteiger partial charge in [-0.15, -0.1) is 0 Å². The standard InChI is InChI=1S/C28H31N5O4/c1-16(2)11-23(33-28(36)24-14-20-22(31-24)9-6-10-25(20)37-3)27(35)30-18(15-29)12-17-13-26(34)32-21-8-5-4-7-19(17)21/h4-10,14,16-18,23,31H,11-13H2,1-3H3,(H,30,35)(H,32,34)(H,33,36)/t17?,18-,23-/m0/s1. The fraction of sp³-hybridized carbons (Fsp3) is 0.357. The summed E-state index contributed by atoms with van der Waals surface area (Å²) in [6.07, 6.45) is 0.922. The number of aromatic amines is 1. The summed E-state index contributed by atoms with van der Waals surface area (Å²) in [4.78, 5) is 41.6. The van der Waals surface area contributed by atoms with Crippen LogP contribution in [0.2, 0.25) is 0 Å². The molecule has 3 atom stereocenters. The second kappa shape index (κ2) is 11.2. The molecular weight excluding hydrogens is 470 g/mol. The number of hydrogen-bond acceptors (Lipinski definition) is 5. The molecule has 1 aliphatic rings. The third-order valence-electron chi connectivity index (χ3n) is 6.52. The van der Waals surface area contributed by atoms with Crippen molar-refractivity contribution in [1.82, 2.24) is 15.6 Å². The zero-order chi connectivity index (χ0) is 26.5. The molecule has 1 aromatic heterocycles. The first-order valence-corrected chi connectivity index (χ1v) is 12.3. The Labute approximate surface area is 215 Å². The molecule has 9 nitrogen and oxygen atoms in total. The SMILES string of the molecule is COc1cccc2[nH]c(C(=O)N[C@@H](CC(C)C)C(=O)N[C@H](C#N)CC3CC(=O)Nc4ccccc43)cc12. The molecule has 1 aliphatic heterocycles. The van der Waals surface area contributed by atoms with Crippen LogP contribution in [-0.2, 0) is 9.59 Å². The van der Waals surface area contributed by atoms with E-state index in [1.54, 1.807) is 13.2 Å². The summed E-state index contributed by atoms with van der Waals surface area (Å²) in [6.45, 7) is 3.92. The fourth-order valence-corrected chi connectivity index (χ4v) is 4.78.